The fraction of sp³-hybridized carbons (Fsp3) is 0.545. The largest absolute Gasteiger partial charge is 0.494 e. The summed E-state index contributed by atoms with van der Waals surface area (Å²) in [4.78, 5) is 30.4. The quantitative estimate of drug-likeness (QED) is 0.0407. The maximum atomic E-state index is 12.8. The Morgan fingerprint density at radius 3 is 2.31 bits per heavy atom. The molecule has 4 aromatic rings. The molecule has 282 valence electrons. The molecule has 0 N–H and O–H groups in total. The van der Waals surface area contributed by atoms with E-state index in [4.69, 9.17) is 9.47 Å². The number of pyridine rings is 1. The normalized spacial score (nSPS) is 13.8. The Balaban J connectivity index is 0.936. The van der Waals surface area contributed by atoms with Crippen LogP contribution in [0.4, 0.5) is 5.69 Å². The van der Waals surface area contributed by atoms with Crippen molar-refractivity contribution in [1.29, 1.82) is 0 Å². The summed E-state index contributed by atoms with van der Waals surface area (Å²) in [5.74, 6) is 0.470. The van der Waals surface area contributed by atoms with E-state index in [0.29, 0.717) is 13.0 Å². The van der Waals surface area contributed by atoms with Crippen LogP contribution in [0.3, 0.4) is 0 Å². The van der Waals surface area contributed by atoms with Crippen molar-refractivity contribution in [3.05, 3.63) is 82.5 Å². The highest BCUT2D eigenvalue weighted by atomic mass is 32.1. The number of hydrogen-bond donors (Lipinski definition) is 0. The first-order chi connectivity index (χ1) is 25.6. The van der Waals surface area contributed by atoms with Crippen molar-refractivity contribution in [2.45, 2.75) is 116 Å². The predicted octanol–water partition coefficient (Wildman–Crippen LogP) is 10.7. The van der Waals surface area contributed by atoms with E-state index in [1.165, 1.54) is 84.2 Å². The van der Waals surface area contributed by atoms with E-state index in [9.17, 15) is 9.59 Å². The van der Waals surface area contributed by atoms with E-state index in [2.05, 4.69) is 58.5 Å². The van der Waals surface area contributed by atoms with Gasteiger partial charge in [0.15, 0.2) is 6.73 Å². The van der Waals surface area contributed by atoms with E-state index in [1.54, 1.807) is 0 Å². The van der Waals surface area contributed by atoms with Crippen LogP contribution in [0.25, 0.3) is 21.0 Å². The molecule has 0 unspecified atom stereocenters. The lowest BCUT2D eigenvalue weighted by Gasteiger charge is -2.36. The number of ether oxygens (including phenoxy) is 2. The SMILES string of the molecule is CCCCCCCCC=CCCCCCCCC(=O)OCn1c(=O)ccc2ccc(OCCCCN3CCN(c4cccc5sccc45)CC3)cc21. The van der Waals surface area contributed by atoms with Crippen LogP contribution in [0.2, 0.25) is 0 Å². The number of hydrogen-bond acceptors (Lipinski definition) is 7. The van der Waals surface area contributed by atoms with Crippen molar-refractivity contribution in [3.63, 3.8) is 0 Å². The highest BCUT2D eigenvalue weighted by molar-refractivity contribution is 7.17. The summed E-state index contributed by atoms with van der Waals surface area (Å²) in [5.41, 5.74) is 1.89. The van der Waals surface area contributed by atoms with Crippen LogP contribution in [0.5, 0.6) is 5.75 Å². The Bertz CT molecular complexity index is 1720. The lowest BCUT2D eigenvalue weighted by atomic mass is 10.1. The second-order valence-corrected chi connectivity index (χ2v) is 15.2. The van der Waals surface area contributed by atoms with Crippen molar-refractivity contribution in [1.82, 2.24) is 9.47 Å². The van der Waals surface area contributed by atoms with Gasteiger partial charge >= 0.3 is 5.97 Å². The Kier molecular flexibility index (Phi) is 17.1. The minimum absolute atomic E-state index is 0.0841. The number of nitrogens with zero attached hydrogens (tertiary/aromatic N) is 3. The monoisotopic (exact) mass is 727 g/mol. The molecule has 0 radical (unpaired) electrons. The molecule has 1 fully saturated rings. The standard InChI is InChI=1S/C44H61N3O4S/c1-2-3-4-5-6-7-8-9-10-11-12-13-14-15-16-22-44(49)51-36-47-41-35-38(25-23-37(41)24-26-43(47)48)50-33-18-17-28-45-29-31-46(32-30-45)40-20-19-21-42-39(40)27-34-52-42/h9-10,19-21,23-27,34-35H,2-8,11-18,22,28-33,36H2,1H3. The third-order valence-corrected chi connectivity index (χ3v) is 11.2. The second-order valence-electron chi connectivity index (χ2n) is 14.3. The van der Waals surface area contributed by atoms with Crippen molar-refractivity contribution >= 4 is 44.0 Å². The summed E-state index contributed by atoms with van der Waals surface area (Å²) in [6.45, 7) is 8.12. The lowest BCUT2D eigenvalue weighted by Crippen LogP contribution is -2.46. The molecule has 0 bridgehead atoms. The molecule has 0 spiro atoms. The van der Waals surface area contributed by atoms with Gasteiger partial charge in [0.05, 0.1) is 12.1 Å². The van der Waals surface area contributed by atoms with Crippen LogP contribution < -0.4 is 15.2 Å². The Labute approximate surface area is 315 Å². The highest BCUT2D eigenvalue weighted by Crippen LogP contribution is 2.31. The maximum absolute atomic E-state index is 12.8. The number of esters is 1. The molecule has 0 atom stereocenters. The van der Waals surface area contributed by atoms with Gasteiger partial charge in [-0.1, -0.05) is 76.5 Å². The molecule has 3 heterocycles. The van der Waals surface area contributed by atoms with Gasteiger partial charge in [-0.25, -0.2) is 0 Å². The van der Waals surface area contributed by atoms with Gasteiger partial charge < -0.3 is 14.4 Å². The molecule has 1 aliphatic heterocycles. The zero-order chi connectivity index (χ0) is 36.2. The van der Waals surface area contributed by atoms with Gasteiger partial charge in [-0.15, -0.1) is 11.3 Å². The van der Waals surface area contributed by atoms with Gasteiger partial charge in [-0.3, -0.25) is 19.1 Å². The first-order valence-corrected chi connectivity index (χ1v) is 21.0. The third-order valence-electron chi connectivity index (χ3n) is 10.3. The number of rotatable bonds is 24. The molecule has 0 aliphatic carbocycles. The number of piperazine rings is 1. The van der Waals surface area contributed by atoms with Crippen LogP contribution >= 0.6 is 11.3 Å². The number of benzene rings is 2. The van der Waals surface area contributed by atoms with Crippen LogP contribution in [0.1, 0.15) is 110 Å². The number of thiophene rings is 1. The Morgan fingerprint density at radius 2 is 1.52 bits per heavy atom. The fourth-order valence-corrected chi connectivity index (χ4v) is 7.94. The minimum Gasteiger partial charge on any atom is -0.494 e. The first-order valence-electron chi connectivity index (χ1n) is 20.1. The summed E-state index contributed by atoms with van der Waals surface area (Å²) >= 11 is 1.81. The first kappa shape index (κ1) is 39.6. The molecule has 1 aliphatic rings. The van der Waals surface area contributed by atoms with Crippen LogP contribution in [-0.2, 0) is 16.3 Å². The van der Waals surface area contributed by atoms with E-state index in [1.807, 2.05) is 35.6 Å². The summed E-state index contributed by atoms with van der Waals surface area (Å²) in [5, 5.41) is 4.46. The van der Waals surface area contributed by atoms with Gasteiger partial charge in [0, 0.05) is 60.5 Å². The predicted molar refractivity (Wildman–Crippen MR) is 219 cm³/mol. The molecule has 8 heteroatoms. The molecular formula is C44H61N3O4S. The zero-order valence-corrected chi connectivity index (χ0v) is 32.4. The molecule has 52 heavy (non-hydrogen) atoms. The average Bonchev–Trinajstić information content (AvgIpc) is 3.66. The topological polar surface area (TPSA) is 64.0 Å². The van der Waals surface area contributed by atoms with E-state index in [-0.39, 0.29) is 18.3 Å². The molecule has 7 nitrogen and oxygen atoms in total. The van der Waals surface area contributed by atoms with Gasteiger partial charge in [0.2, 0.25) is 0 Å². The number of fused-ring (bicyclic) bond motifs is 2. The van der Waals surface area contributed by atoms with Gasteiger partial charge in [0.25, 0.3) is 5.56 Å². The van der Waals surface area contributed by atoms with Crippen molar-refractivity contribution in [2.24, 2.45) is 0 Å². The van der Waals surface area contributed by atoms with Crippen molar-refractivity contribution in [2.75, 3.05) is 44.2 Å². The number of carbonyl (C=O) groups excluding carboxylic acids is 1. The summed E-state index contributed by atoms with van der Waals surface area (Å²) < 4.78 is 14.6. The number of unbranched alkanes of at least 4 members (excludes halogenated alkanes) is 12. The molecule has 0 amide bonds. The Hall–Kier alpha value is -3.62. The molecule has 5 rings (SSSR count). The van der Waals surface area contributed by atoms with Crippen LogP contribution in [-0.4, -0.2) is 54.8 Å². The number of aromatic nitrogens is 1. The molecule has 0 saturated carbocycles. The molecule has 1 saturated heterocycles. The third kappa shape index (κ3) is 12.8. The van der Waals surface area contributed by atoms with Gasteiger partial charge in [0.1, 0.15) is 5.75 Å². The second kappa shape index (κ2) is 22.4. The minimum atomic E-state index is -0.254. The highest BCUT2D eigenvalue weighted by Gasteiger charge is 2.18. The smallest absolute Gasteiger partial charge is 0.307 e. The molecule has 2 aromatic carbocycles. The zero-order valence-electron chi connectivity index (χ0n) is 31.6. The summed E-state index contributed by atoms with van der Waals surface area (Å²) in [6, 6.07) is 18.0. The molecule has 2 aromatic heterocycles. The van der Waals surface area contributed by atoms with Gasteiger partial charge in [-0.05, 0) is 98.7 Å². The number of anilines is 1. The van der Waals surface area contributed by atoms with Crippen molar-refractivity contribution in [3.8, 4) is 5.75 Å². The van der Waals surface area contributed by atoms with Crippen molar-refractivity contribution < 1.29 is 14.3 Å². The lowest BCUT2D eigenvalue weighted by molar-refractivity contribution is -0.147. The number of carbonyl (C=O) groups is 1. The van der Waals surface area contributed by atoms with E-state index in [0.717, 1.165) is 87.9 Å². The van der Waals surface area contributed by atoms with E-state index < -0.39 is 0 Å². The summed E-state index contributed by atoms with van der Waals surface area (Å²) in [6.07, 6.45) is 23.0. The number of allylic oxidation sites excluding steroid dienone is 2. The van der Waals surface area contributed by atoms with E-state index >= 15 is 0 Å². The average molecular weight is 728 g/mol. The molecular weight excluding hydrogens is 667 g/mol. The van der Waals surface area contributed by atoms with Gasteiger partial charge in [-0.2, -0.15) is 0 Å². The Morgan fingerprint density at radius 1 is 0.788 bits per heavy atom. The van der Waals surface area contributed by atoms with Crippen LogP contribution in [0, 0.1) is 0 Å². The van der Waals surface area contributed by atoms with Crippen LogP contribution in [0.15, 0.2) is 76.9 Å². The summed E-state index contributed by atoms with van der Waals surface area (Å²) in [7, 11) is 0. The fourth-order valence-electron chi connectivity index (χ4n) is 7.13. The maximum Gasteiger partial charge on any atom is 0.307 e.